The number of aryl methyl sites for hydroxylation is 2. The van der Waals surface area contributed by atoms with Gasteiger partial charge in [0.1, 0.15) is 18.3 Å². The van der Waals surface area contributed by atoms with Crippen LogP contribution in [-0.2, 0) is 6.42 Å². The third-order valence-electron chi connectivity index (χ3n) is 7.09. The molecule has 0 aliphatic carbocycles. The van der Waals surface area contributed by atoms with Crippen LogP contribution in [0.25, 0.3) is 17.1 Å². The molecule has 1 unspecified atom stereocenters. The molecule has 1 fully saturated rings. The number of aliphatic imine (C=N–C) groups is 1. The quantitative estimate of drug-likeness (QED) is 0.194. The van der Waals surface area contributed by atoms with Gasteiger partial charge in [0.25, 0.3) is 0 Å². The van der Waals surface area contributed by atoms with Crippen LogP contribution in [0.4, 0.5) is 23.7 Å². The Morgan fingerprint density at radius 3 is 2.56 bits per heavy atom. The standard InChI is InChI=1S/C32H33F3N6O3S/c1-20(2)26-15-6-21(3)17-27(26)41-28(42)18-45-31(41)38-30(43)36-16-4-5-22-7-9-23(10-8-22)29-37-19-40(39-29)24-11-13-25(14-12-24)44-32(33,34)35/h6-15,17,19-20,28,42H,4-5,16,18H2,1-3H3,(H,36,43)/b38-31-. The first-order valence-corrected chi connectivity index (χ1v) is 15.4. The van der Waals surface area contributed by atoms with Crippen molar-refractivity contribution in [2.45, 2.75) is 52.1 Å². The molecule has 5 rings (SSSR count). The van der Waals surface area contributed by atoms with E-state index in [-0.39, 0.29) is 11.7 Å². The fourth-order valence-corrected chi connectivity index (χ4v) is 5.83. The highest BCUT2D eigenvalue weighted by Gasteiger charge is 2.33. The van der Waals surface area contributed by atoms with Crippen LogP contribution in [0.5, 0.6) is 5.75 Å². The first kappa shape index (κ1) is 32.0. The van der Waals surface area contributed by atoms with Crippen LogP contribution in [-0.4, -0.2) is 56.0 Å². The second kappa shape index (κ2) is 13.7. The number of aromatic nitrogens is 3. The summed E-state index contributed by atoms with van der Waals surface area (Å²) in [6.45, 7) is 6.62. The highest BCUT2D eigenvalue weighted by atomic mass is 32.2. The van der Waals surface area contributed by atoms with E-state index in [9.17, 15) is 23.1 Å². The highest BCUT2D eigenvalue weighted by molar-refractivity contribution is 8.14. The maximum absolute atomic E-state index is 12.7. The number of alkyl halides is 3. The number of amides is 2. The summed E-state index contributed by atoms with van der Waals surface area (Å²) in [6, 6.07) is 18.7. The van der Waals surface area contributed by atoms with Gasteiger partial charge in [0, 0.05) is 23.5 Å². The summed E-state index contributed by atoms with van der Waals surface area (Å²) in [5, 5.41) is 18.5. The number of nitrogens with one attached hydrogen (secondary N) is 1. The predicted molar refractivity (Wildman–Crippen MR) is 169 cm³/mol. The lowest BCUT2D eigenvalue weighted by Crippen LogP contribution is -2.35. The number of carbonyl (C=O) groups is 1. The van der Waals surface area contributed by atoms with E-state index in [1.54, 1.807) is 4.90 Å². The summed E-state index contributed by atoms with van der Waals surface area (Å²) in [6.07, 6.45) is -2.60. The molecule has 3 aromatic carbocycles. The van der Waals surface area contributed by atoms with Crippen LogP contribution in [0.15, 0.2) is 78.0 Å². The molecular weight excluding hydrogens is 605 g/mol. The molecule has 45 heavy (non-hydrogen) atoms. The molecule has 0 bridgehead atoms. The monoisotopic (exact) mass is 638 g/mol. The van der Waals surface area contributed by atoms with Crippen LogP contribution >= 0.6 is 11.8 Å². The zero-order chi connectivity index (χ0) is 32.1. The van der Waals surface area contributed by atoms with Crippen LogP contribution in [0.3, 0.4) is 0 Å². The smallest absolute Gasteiger partial charge is 0.406 e. The maximum Gasteiger partial charge on any atom is 0.573 e. The number of hydrogen-bond acceptors (Lipinski definition) is 6. The topological polar surface area (TPSA) is 105 Å². The van der Waals surface area contributed by atoms with Gasteiger partial charge in [-0.3, -0.25) is 4.90 Å². The third-order valence-corrected chi connectivity index (χ3v) is 8.10. The van der Waals surface area contributed by atoms with Crippen molar-refractivity contribution in [3.8, 4) is 22.8 Å². The van der Waals surface area contributed by atoms with Crippen molar-refractivity contribution < 1.29 is 27.8 Å². The summed E-state index contributed by atoms with van der Waals surface area (Å²) in [5.41, 5.74) is 5.41. The van der Waals surface area contributed by atoms with Gasteiger partial charge in [-0.25, -0.2) is 14.5 Å². The van der Waals surface area contributed by atoms with E-state index in [1.165, 1.54) is 47.0 Å². The minimum Gasteiger partial charge on any atom is -0.406 e. The van der Waals surface area contributed by atoms with E-state index in [4.69, 9.17) is 0 Å². The van der Waals surface area contributed by atoms with E-state index in [1.807, 2.05) is 43.3 Å². The number of halogens is 3. The Kier molecular flexibility index (Phi) is 9.78. The van der Waals surface area contributed by atoms with Crippen molar-refractivity contribution in [1.29, 1.82) is 0 Å². The number of rotatable bonds is 9. The van der Waals surface area contributed by atoms with Crippen LogP contribution in [0.2, 0.25) is 0 Å². The number of hydrogen-bond donors (Lipinski definition) is 2. The number of nitrogens with zero attached hydrogens (tertiary/aromatic N) is 5. The van der Waals surface area contributed by atoms with Gasteiger partial charge in [-0.2, -0.15) is 4.99 Å². The third kappa shape index (κ3) is 8.22. The maximum atomic E-state index is 12.7. The molecule has 0 spiro atoms. The molecule has 9 nitrogen and oxygen atoms in total. The number of benzene rings is 3. The number of carbonyl (C=O) groups excluding carboxylic acids is 1. The number of aliphatic hydroxyl groups excluding tert-OH is 1. The second-order valence-corrected chi connectivity index (χ2v) is 11.8. The molecule has 4 aromatic rings. The van der Waals surface area contributed by atoms with Crippen molar-refractivity contribution in [1.82, 2.24) is 20.1 Å². The molecule has 1 aliphatic heterocycles. The van der Waals surface area contributed by atoms with E-state index >= 15 is 0 Å². The van der Waals surface area contributed by atoms with E-state index in [2.05, 4.69) is 45.0 Å². The number of urea groups is 1. The molecule has 13 heteroatoms. The zero-order valence-corrected chi connectivity index (χ0v) is 25.8. The Balaban J connectivity index is 1.13. The SMILES string of the molecule is Cc1ccc(C(C)C)c(N2/C(=N/C(=O)NCCCc3ccc(-c4ncn(-c5ccc(OC(F)(F)F)cc5)n4)cc3)SCC2O)c1. The molecule has 2 N–H and O–H groups in total. The van der Waals surface area contributed by atoms with Crippen molar-refractivity contribution >= 4 is 28.6 Å². The van der Waals surface area contributed by atoms with Crippen molar-refractivity contribution in [2.24, 2.45) is 4.99 Å². The Morgan fingerprint density at radius 1 is 1.13 bits per heavy atom. The van der Waals surface area contributed by atoms with Gasteiger partial charge < -0.3 is 15.2 Å². The van der Waals surface area contributed by atoms with Crippen LogP contribution in [0, 0.1) is 6.92 Å². The summed E-state index contributed by atoms with van der Waals surface area (Å²) in [5.74, 6) is 0.829. The molecule has 0 saturated carbocycles. The fraction of sp³-hybridized carbons (Fsp3) is 0.312. The minimum atomic E-state index is -4.75. The summed E-state index contributed by atoms with van der Waals surface area (Å²) in [7, 11) is 0. The van der Waals surface area contributed by atoms with E-state index < -0.39 is 18.6 Å². The largest absolute Gasteiger partial charge is 0.573 e. The van der Waals surface area contributed by atoms with Gasteiger partial charge in [0.15, 0.2) is 11.0 Å². The number of anilines is 1. The Labute approximate surface area is 263 Å². The number of amidine groups is 1. The minimum absolute atomic E-state index is 0.243. The molecule has 1 aromatic heterocycles. The molecule has 0 radical (unpaired) electrons. The number of thioether (sulfide) groups is 1. The van der Waals surface area contributed by atoms with Gasteiger partial charge in [-0.1, -0.05) is 62.0 Å². The number of aliphatic hydroxyl groups is 1. The van der Waals surface area contributed by atoms with Gasteiger partial charge in [0.05, 0.1) is 5.69 Å². The molecule has 1 saturated heterocycles. The molecule has 236 valence electrons. The van der Waals surface area contributed by atoms with Crippen molar-refractivity contribution in [3.05, 3.63) is 89.7 Å². The lowest BCUT2D eigenvalue weighted by Gasteiger charge is -2.26. The Morgan fingerprint density at radius 2 is 1.87 bits per heavy atom. The fourth-order valence-electron chi connectivity index (χ4n) is 4.88. The lowest BCUT2D eigenvalue weighted by atomic mass is 9.98. The molecular formula is C32H33F3N6O3S. The lowest BCUT2D eigenvalue weighted by molar-refractivity contribution is -0.274. The average Bonchev–Trinajstić information content (AvgIpc) is 3.62. The van der Waals surface area contributed by atoms with Gasteiger partial charge >= 0.3 is 12.4 Å². The summed E-state index contributed by atoms with van der Waals surface area (Å²) in [4.78, 5) is 23.0. The van der Waals surface area contributed by atoms with E-state index in [0.717, 1.165) is 34.4 Å². The first-order valence-electron chi connectivity index (χ1n) is 14.4. The zero-order valence-electron chi connectivity index (χ0n) is 25.0. The van der Waals surface area contributed by atoms with Crippen molar-refractivity contribution in [3.63, 3.8) is 0 Å². The van der Waals surface area contributed by atoms with Crippen LogP contribution in [0.1, 0.15) is 42.9 Å². The first-order chi connectivity index (χ1) is 21.5. The molecule has 1 atom stereocenters. The number of ether oxygens (including phenoxy) is 1. The summed E-state index contributed by atoms with van der Waals surface area (Å²) < 4.78 is 42.6. The van der Waals surface area contributed by atoms with Crippen molar-refractivity contribution in [2.75, 3.05) is 17.2 Å². The summed E-state index contributed by atoms with van der Waals surface area (Å²) >= 11 is 1.36. The average molecular weight is 639 g/mol. The molecule has 2 heterocycles. The Hall–Kier alpha value is -4.36. The van der Waals surface area contributed by atoms with Crippen LogP contribution < -0.4 is 15.0 Å². The highest BCUT2D eigenvalue weighted by Crippen LogP contribution is 2.35. The predicted octanol–water partition coefficient (Wildman–Crippen LogP) is 6.83. The Bertz CT molecular complexity index is 1660. The van der Waals surface area contributed by atoms with Gasteiger partial charge in [-0.05, 0) is 72.7 Å². The van der Waals surface area contributed by atoms with Gasteiger partial charge in [0.2, 0.25) is 0 Å². The van der Waals surface area contributed by atoms with Gasteiger partial charge in [-0.15, -0.1) is 18.3 Å². The van der Waals surface area contributed by atoms with E-state index in [0.29, 0.717) is 35.4 Å². The molecule has 2 amide bonds. The second-order valence-electron chi connectivity index (χ2n) is 10.9. The normalized spacial score (nSPS) is 16.0. The molecule has 1 aliphatic rings.